The summed E-state index contributed by atoms with van der Waals surface area (Å²) in [5.41, 5.74) is 6.11. The molecule has 2 aromatic carbocycles. The molecule has 6 heteroatoms. The van der Waals surface area contributed by atoms with Gasteiger partial charge in [0, 0.05) is 10.2 Å². The van der Waals surface area contributed by atoms with Crippen molar-refractivity contribution >= 4 is 37.5 Å². The number of nitrogen functional groups attached to an aromatic ring is 1. The quantitative estimate of drug-likeness (QED) is 0.598. The minimum atomic E-state index is -1.04. The van der Waals surface area contributed by atoms with Crippen molar-refractivity contribution in [2.45, 2.75) is 0 Å². The Hall–Kier alpha value is -1.14. The van der Waals surface area contributed by atoms with Crippen molar-refractivity contribution in [1.29, 1.82) is 0 Å². The standard InChI is InChI=1S/C12H7Br2F2NO/c13-6-3-9(15)12(16)11(4-6)18-10-2-1-7(17)5-8(10)14/h1-5H,17H2. The van der Waals surface area contributed by atoms with Gasteiger partial charge in [-0.1, -0.05) is 15.9 Å². The van der Waals surface area contributed by atoms with E-state index in [0.29, 0.717) is 20.4 Å². The smallest absolute Gasteiger partial charge is 0.201 e. The van der Waals surface area contributed by atoms with Crippen LogP contribution in [0.15, 0.2) is 39.3 Å². The number of ether oxygens (including phenoxy) is 1. The summed E-state index contributed by atoms with van der Waals surface area (Å²) in [6, 6.07) is 7.16. The number of nitrogens with two attached hydrogens (primary N) is 1. The molecule has 2 nitrogen and oxygen atoms in total. The molecule has 0 aliphatic carbocycles. The van der Waals surface area contributed by atoms with E-state index in [-0.39, 0.29) is 5.75 Å². The van der Waals surface area contributed by atoms with Crippen LogP contribution in [-0.2, 0) is 0 Å². The highest BCUT2D eigenvalue weighted by Gasteiger charge is 2.13. The summed E-state index contributed by atoms with van der Waals surface area (Å²) in [5.74, 6) is -1.87. The summed E-state index contributed by atoms with van der Waals surface area (Å²) in [7, 11) is 0. The molecule has 2 aromatic rings. The zero-order chi connectivity index (χ0) is 13.3. The number of anilines is 1. The van der Waals surface area contributed by atoms with Gasteiger partial charge in [-0.3, -0.25) is 0 Å². The lowest BCUT2D eigenvalue weighted by atomic mass is 10.3. The van der Waals surface area contributed by atoms with Gasteiger partial charge in [0.1, 0.15) is 5.75 Å². The first-order chi connectivity index (χ1) is 8.47. The highest BCUT2D eigenvalue weighted by Crippen LogP contribution is 2.34. The average molecular weight is 379 g/mol. The first kappa shape index (κ1) is 13.3. The SMILES string of the molecule is Nc1ccc(Oc2cc(Br)cc(F)c2F)c(Br)c1. The Labute approximate surface area is 119 Å². The van der Waals surface area contributed by atoms with Crippen LogP contribution in [0.5, 0.6) is 11.5 Å². The molecule has 94 valence electrons. The molecule has 0 spiro atoms. The second kappa shape index (κ2) is 5.24. The van der Waals surface area contributed by atoms with E-state index in [1.165, 1.54) is 6.07 Å². The zero-order valence-corrected chi connectivity index (χ0v) is 12.1. The third-order valence-electron chi connectivity index (χ3n) is 2.14. The van der Waals surface area contributed by atoms with Crippen molar-refractivity contribution in [3.63, 3.8) is 0 Å². The fourth-order valence-electron chi connectivity index (χ4n) is 1.32. The third kappa shape index (κ3) is 2.81. The predicted octanol–water partition coefficient (Wildman–Crippen LogP) is 4.86. The number of benzene rings is 2. The normalized spacial score (nSPS) is 10.4. The molecule has 0 aliphatic rings. The van der Waals surface area contributed by atoms with E-state index in [1.807, 2.05) is 0 Å². The van der Waals surface area contributed by atoms with Crippen molar-refractivity contribution in [3.8, 4) is 11.5 Å². The Morgan fingerprint density at radius 3 is 2.39 bits per heavy atom. The Morgan fingerprint density at radius 2 is 1.72 bits per heavy atom. The molecule has 0 fully saturated rings. The highest BCUT2D eigenvalue weighted by molar-refractivity contribution is 9.10. The van der Waals surface area contributed by atoms with E-state index in [2.05, 4.69) is 31.9 Å². The molecule has 0 atom stereocenters. The fourth-order valence-corrected chi connectivity index (χ4v) is 2.21. The van der Waals surface area contributed by atoms with Crippen LogP contribution in [0.1, 0.15) is 0 Å². The van der Waals surface area contributed by atoms with Crippen LogP contribution in [0, 0.1) is 11.6 Å². The average Bonchev–Trinajstić information content (AvgIpc) is 2.29. The van der Waals surface area contributed by atoms with Crippen LogP contribution in [0.25, 0.3) is 0 Å². The topological polar surface area (TPSA) is 35.2 Å². The van der Waals surface area contributed by atoms with Crippen LogP contribution in [0.3, 0.4) is 0 Å². The largest absolute Gasteiger partial charge is 0.453 e. The van der Waals surface area contributed by atoms with Gasteiger partial charge in [0.05, 0.1) is 4.47 Å². The number of hydrogen-bond donors (Lipinski definition) is 1. The van der Waals surface area contributed by atoms with Gasteiger partial charge in [0.25, 0.3) is 0 Å². The molecule has 0 unspecified atom stereocenters. The summed E-state index contributed by atoms with van der Waals surface area (Å²) < 4.78 is 33.0. The summed E-state index contributed by atoms with van der Waals surface area (Å²) in [4.78, 5) is 0. The Morgan fingerprint density at radius 1 is 1.00 bits per heavy atom. The van der Waals surface area contributed by atoms with Crippen molar-refractivity contribution in [2.75, 3.05) is 5.73 Å². The van der Waals surface area contributed by atoms with Crippen LogP contribution in [0.2, 0.25) is 0 Å². The second-order valence-corrected chi connectivity index (χ2v) is 5.26. The second-order valence-electron chi connectivity index (χ2n) is 3.49. The molecule has 18 heavy (non-hydrogen) atoms. The molecule has 0 heterocycles. The first-order valence-electron chi connectivity index (χ1n) is 4.85. The Bertz CT molecular complexity index is 605. The van der Waals surface area contributed by atoms with E-state index >= 15 is 0 Å². The number of halogens is 4. The Balaban J connectivity index is 2.40. The van der Waals surface area contributed by atoms with E-state index in [0.717, 1.165) is 6.07 Å². The lowest BCUT2D eigenvalue weighted by Gasteiger charge is -2.10. The van der Waals surface area contributed by atoms with E-state index < -0.39 is 11.6 Å². The summed E-state index contributed by atoms with van der Waals surface area (Å²) in [6.45, 7) is 0. The lowest BCUT2D eigenvalue weighted by molar-refractivity contribution is 0.414. The number of hydrogen-bond acceptors (Lipinski definition) is 2. The van der Waals surface area contributed by atoms with Gasteiger partial charge in [0.15, 0.2) is 11.6 Å². The highest BCUT2D eigenvalue weighted by atomic mass is 79.9. The minimum Gasteiger partial charge on any atom is -0.453 e. The van der Waals surface area contributed by atoms with Gasteiger partial charge < -0.3 is 10.5 Å². The van der Waals surface area contributed by atoms with Crippen LogP contribution >= 0.6 is 31.9 Å². The predicted molar refractivity (Wildman–Crippen MR) is 72.7 cm³/mol. The van der Waals surface area contributed by atoms with Crippen LogP contribution in [-0.4, -0.2) is 0 Å². The van der Waals surface area contributed by atoms with Gasteiger partial charge in [-0.05, 0) is 46.3 Å². The van der Waals surface area contributed by atoms with Gasteiger partial charge >= 0.3 is 0 Å². The summed E-state index contributed by atoms with van der Waals surface area (Å²) in [5, 5.41) is 0. The minimum absolute atomic E-state index is 0.202. The Kier molecular flexibility index (Phi) is 3.87. The van der Waals surface area contributed by atoms with Crippen molar-refractivity contribution in [3.05, 3.63) is 50.9 Å². The maximum absolute atomic E-state index is 13.5. The molecule has 0 amide bonds. The molecular weight excluding hydrogens is 372 g/mol. The molecule has 0 saturated carbocycles. The van der Waals surface area contributed by atoms with E-state index in [1.54, 1.807) is 18.2 Å². The fraction of sp³-hybridized carbons (Fsp3) is 0. The molecule has 0 aliphatic heterocycles. The van der Waals surface area contributed by atoms with Crippen LogP contribution < -0.4 is 10.5 Å². The summed E-state index contributed by atoms with van der Waals surface area (Å²) >= 11 is 6.31. The van der Waals surface area contributed by atoms with Gasteiger partial charge in [-0.2, -0.15) is 4.39 Å². The number of rotatable bonds is 2. The van der Waals surface area contributed by atoms with Crippen molar-refractivity contribution in [1.82, 2.24) is 0 Å². The van der Waals surface area contributed by atoms with Crippen LogP contribution in [0.4, 0.5) is 14.5 Å². The maximum Gasteiger partial charge on any atom is 0.201 e. The third-order valence-corrected chi connectivity index (χ3v) is 3.21. The first-order valence-corrected chi connectivity index (χ1v) is 6.43. The maximum atomic E-state index is 13.5. The molecular formula is C12H7Br2F2NO. The van der Waals surface area contributed by atoms with Crippen molar-refractivity contribution < 1.29 is 13.5 Å². The monoisotopic (exact) mass is 377 g/mol. The molecule has 0 saturated heterocycles. The molecule has 0 radical (unpaired) electrons. The van der Waals surface area contributed by atoms with Crippen molar-refractivity contribution in [2.24, 2.45) is 0 Å². The molecule has 0 aromatic heterocycles. The van der Waals surface area contributed by atoms with Gasteiger partial charge in [-0.25, -0.2) is 4.39 Å². The van der Waals surface area contributed by atoms with E-state index in [9.17, 15) is 8.78 Å². The molecule has 0 bridgehead atoms. The molecule has 2 N–H and O–H groups in total. The summed E-state index contributed by atoms with van der Waals surface area (Å²) in [6.07, 6.45) is 0. The molecule has 2 rings (SSSR count). The van der Waals surface area contributed by atoms with Gasteiger partial charge in [-0.15, -0.1) is 0 Å². The van der Waals surface area contributed by atoms with Gasteiger partial charge in [0.2, 0.25) is 5.82 Å². The van der Waals surface area contributed by atoms with E-state index in [4.69, 9.17) is 10.5 Å². The zero-order valence-electron chi connectivity index (χ0n) is 8.88. The lowest BCUT2D eigenvalue weighted by Crippen LogP contribution is -1.94.